The third kappa shape index (κ3) is 4.27. The Bertz CT molecular complexity index is 140. The van der Waals surface area contributed by atoms with Gasteiger partial charge in [-0.05, 0) is 32.5 Å². The number of aliphatic carboxylic acids is 1. The zero-order chi connectivity index (χ0) is 10.3. The van der Waals surface area contributed by atoms with Crippen LogP contribution in [0, 0.1) is 5.92 Å². The van der Waals surface area contributed by atoms with Gasteiger partial charge >= 0.3 is 5.97 Å². The van der Waals surface area contributed by atoms with E-state index < -0.39 is 5.97 Å². The molecule has 1 N–H and O–H groups in total. The number of rotatable bonds is 2. The highest BCUT2D eigenvalue weighted by molar-refractivity contribution is 5.70. The highest BCUT2D eigenvalue weighted by atomic mass is 16.4. The van der Waals surface area contributed by atoms with E-state index in [1.165, 1.54) is 0 Å². The van der Waals surface area contributed by atoms with Crippen molar-refractivity contribution in [1.82, 2.24) is 4.90 Å². The predicted molar refractivity (Wildman–Crippen MR) is 53.8 cm³/mol. The van der Waals surface area contributed by atoms with Crippen molar-refractivity contribution in [3.63, 3.8) is 0 Å². The molecule has 78 valence electrons. The van der Waals surface area contributed by atoms with E-state index in [0.29, 0.717) is 0 Å². The first-order valence-electron chi connectivity index (χ1n) is 5.19. The molecule has 0 aromatic heterocycles. The Kier molecular flexibility index (Phi) is 6.59. The van der Waals surface area contributed by atoms with Crippen LogP contribution in [0.3, 0.4) is 0 Å². The van der Waals surface area contributed by atoms with Gasteiger partial charge < -0.3 is 10.0 Å². The molecular weight excluding hydrogens is 166 g/mol. The first-order chi connectivity index (χ1) is 6.24. The summed E-state index contributed by atoms with van der Waals surface area (Å²) < 4.78 is 0. The van der Waals surface area contributed by atoms with Crippen LogP contribution in [0.25, 0.3) is 0 Å². The van der Waals surface area contributed by atoms with E-state index in [9.17, 15) is 4.79 Å². The molecule has 0 aliphatic carbocycles. The van der Waals surface area contributed by atoms with E-state index >= 15 is 0 Å². The van der Waals surface area contributed by atoms with E-state index in [1.54, 1.807) is 0 Å². The van der Waals surface area contributed by atoms with Crippen molar-refractivity contribution < 1.29 is 9.90 Å². The lowest BCUT2D eigenvalue weighted by Crippen LogP contribution is -2.35. The maximum absolute atomic E-state index is 10.5. The van der Waals surface area contributed by atoms with Crippen molar-refractivity contribution in [3.8, 4) is 0 Å². The largest absolute Gasteiger partial charge is 0.481 e. The molecule has 0 bridgehead atoms. The van der Waals surface area contributed by atoms with Crippen molar-refractivity contribution >= 4 is 5.97 Å². The molecule has 0 unspecified atom stereocenters. The van der Waals surface area contributed by atoms with E-state index in [-0.39, 0.29) is 5.92 Å². The molecule has 1 rings (SSSR count). The molecule has 0 amide bonds. The molecule has 13 heavy (non-hydrogen) atoms. The molecule has 0 saturated carbocycles. The van der Waals surface area contributed by atoms with Gasteiger partial charge in [0.15, 0.2) is 0 Å². The Morgan fingerprint density at radius 1 is 1.38 bits per heavy atom. The SMILES string of the molecule is CC.CCN1CCC(C(=O)O)CC1. The maximum atomic E-state index is 10.5. The maximum Gasteiger partial charge on any atom is 0.306 e. The quantitative estimate of drug-likeness (QED) is 0.717. The zero-order valence-corrected chi connectivity index (χ0v) is 8.92. The molecule has 1 aliphatic rings. The summed E-state index contributed by atoms with van der Waals surface area (Å²) >= 11 is 0. The Morgan fingerprint density at radius 2 is 1.85 bits per heavy atom. The van der Waals surface area contributed by atoms with Gasteiger partial charge in [-0.25, -0.2) is 0 Å². The number of nitrogens with zero attached hydrogens (tertiary/aromatic N) is 1. The second-order valence-corrected chi connectivity index (χ2v) is 3.05. The zero-order valence-electron chi connectivity index (χ0n) is 8.92. The number of carbonyl (C=O) groups is 1. The first kappa shape index (κ1) is 12.4. The van der Waals surface area contributed by atoms with Crippen LogP contribution < -0.4 is 0 Å². The van der Waals surface area contributed by atoms with Gasteiger partial charge in [0, 0.05) is 0 Å². The molecule has 1 saturated heterocycles. The Morgan fingerprint density at radius 3 is 2.15 bits per heavy atom. The predicted octanol–water partition coefficient (Wildman–Crippen LogP) is 1.83. The summed E-state index contributed by atoms with van der Waals surface area (Å²) in [4.78, 5) is 12.8. The topological polar surface area (TPSA) is 40.5 Å². The molecule has 3 nitrogen and oxygen atoms in total. The van der Waals surface area contributed by atoms with Crippen LogP contribution in [0.15, 0.2) is 0 Å². The second-order valence-electron chi connectivity index (χ2n) is 3.05. The molecule has 0 aromatic rings. The number of piperidine rings is 1. The highest BCUT2D eigenvalue weighted by Crippen LogP contribution is 2.16. The number of hydrogen-bond acceptors (Lipinski definition) is 2. The molecule has 1 aliphatic heterocycles. The first-order valence-corrected chi connectivity index (χ1v) is 5.19. The van der Waals surface area contributed by atoms with E-state index in [4.69, 9.17) is 5.11 Å². The standard InChI is InChI=1S/C8H15NO2.C2H6/c1-2-9-5-3-7(4-6-9)8(10)11;1-2/h7H,2-6H2,1H3,(H,10,11);1-2H3. The highest BCUT2D eigenvalue weighted by Gasteiger charge is 2.23. The summed E-state index contributed by atoms with van der Waals surface area (Å²) in [5.41, 5.74) is 0. The van der Waals surface area contributed by atoms with Crippen LogP contribution >= 0.6 is 0 Å². The third-order valence-electron chi connectivity index (χ3n) is 2.38. The van der Waals surface area contributed by atoms with Gasteiger partial charge in [-0.15, -0.1) is 0 Å². The van der Waals surface area contributed by atoms with E-state index in [2.05, 4.69) is 11.8 Å². The lowest BCUT2D eigenvalue weighted by molar-refractivity contribution is -0.143. The van der Waals surface area contributed by atoms with Gasteiger partial charge in [0.05, 0.1) is 5.92 Å². The molecule has 3 heteroatoms. The smallest absolute Gasteiger partial charge is 0.306 e. The summed E-state index contributed by atoms with van der Waals surface area (Å²) in [7, 11) is 0. The lowest BCUT2D eigenvalue weighted by Gasteiger charge is -2.28. The van der Waals surface area contributed by atoms with E-state index in [1.807, 2.05) is 13.8 Å². The van der Waals surface area contributed by atoms with E-state index in [0.717, 1.165) is 32.5 Å². The number of likely N-dealkylation sites (tertiary alicyclic amines) is 1. The Labute approximate surface area is 80.7 Å². The van der Waals surface area contributed by atoms with Crippen LogP contribution in [0.5, 0.6) is 0 Å². The van der Waals surface area contributed by atoms with Gasteiger partial charge in [0.25, 0.3) is 0 Å². The van der Waals surface area contributed by atoms with Crippen molar-refractivity contribution in [2.45, 2.75) is 33.6 Å². The van der Waals surface area contributed by atoms with Gasteiger partial charge in [-0.3, -0.25) is 4.79 Å². The number of carboxylic acid groups (broad SMARTS) is 1. The fourth-order valence-corrected chi connectivity index (χ4v) is 1.50. The summed E-state index contributed by atoms with van der Waals surface area (Å²) in [5, 5.41) is 8.68. The lowest BCUT2D eigenvalue weighted by atomic mass is 9.97. The van der Waals surface area contributed by atoms with Crippen molar-refractivity contribution in [3.05, 3.63) is 0 Å². The van der Waals surface area contributed by atoms with Crippen LogP contribution in [0.4, 0.5) is 0 Å². The summed E-state index contributed by atoms with van der Waals surface area (Å²) in [5.74, 6) is -0.710. The average Bonchev–Trinajstić information content (AvgIpc) is 2.21. The molecule has 0 spiro atoms. The molecule has 0 atom stereocenters. The van der Waals surface area contributed by atoms with Gasteiger partial charge in [-0.1, -0.05) is 20.8 Å². The van der Waals surface area contributed by atoms with Crippen LogP contribution in [-0.4, -0.2) is 35.6 Å². The van der Waals surface area contributed by atoms with Gasteiger partial charge in [-0.2, -0.15) is 0 Å². The second kappa shape index (κ2) is 6.89. The van der Waals surface area contributed by atoms with Crippen molar-refractivity contribution in [2.75, 3.05) is 19.6 Å². The van der Waals surface area contributed by atoms with Crippen LogP contribution in [-0.2, 0) is 4.79 Å². The molecule has 1 heterocycles. The minimum absolute atomic E-state index is 0.0854. The fraction of sp³-hybridized carbons (Fsp3) is 0.900. The average molecular weight is 187 g/mol. The fourth-order valence-electron chi connectivity index (χ4n) is 1.50. The van der Waals surface area contributed by atoms with Crippen LogP contribution in [0.1, 0.15) is 33.6 Å². The minimum Gasteiger partial charge on any atom is -0.481 e. The number of carboxylic acids is 1. The molecule has 0 aromatic carbocycles. The van der Waals surface area contributed by atoms with Crippen molar-refractivity contribution in [1.29, 1.82) is 0 Å². The normalized spacial score (nSPS) is 19.0. The van der Waals surface area contributed by atoms with Crippen molar-refractivity contribution in [2.24, 2.45) is 5.92 Å². The minimum atomic E-state index is -0.624. The van der Waals surface area contributed by atoms with Gasteiger partial charge in [0.1, 0.15) is 0 Å². The molecular formula is C10H21NO2. The monoisotopic (exact) mass is 187 g/mol. The summed E-state index contributed by atoms with van der Waals surface area (Å²) in [6, 6.07) is 0. The van der Waals surface area contributed by atoms with Gasteiger partial charge in [0.2, 0.25) is 0 Å². The third-order valence-corrected chi connectivity index (χ3v) is 2.38. The Hall–Kier alpha value is -0.570. The molecule has 1 fully saturated rings. The molecule has 0 radical (unpaired) electrons. The summed E-state index contributed by atoms with van der Waals surface area (Å²) in [6.07, 6.45) is 1.65. The van der Waals surface area contributed by atoms with Crippen LogP contribution in [0.2, 0.25) is 0 Å². The Balaban J connectivity index is 0.000000671. The summed E-state index contributed by atoms with van der Waals surface area (Å²) in [6.45, 7) is 9.06. The number of hydrogen-bond donors (Lipinski definition) is 1.